The minimum atomic E-state index is 0.382. The minimum absolute atomic E-state index is 0.382. The van der Waals surface area contributed by atoms with Crippen LogP contribution in [0.25, 0.3) is 0 Å². The van der Waals surface area contributed by atoms with Crippen molar-refractivity contribution in [1.82, 2.24) is 0 Å². The number of hydrogen-bond acceptors (Lipinski definition) is 2. The Kier molecular flexibility index (Phi) is 5.16. The normalized spacial score (nSPS) is 23.9. The summed E-state index contributed by atoms with van der Waals surface area (Å²) in [4.78, 5) is 0. The highest BCUT2D eigenvalue weighted by molar-refractivity contribution is 6.36. The van der Waals surface area contributed by atoms with Crippen LogP contribution in [0.3, 0.4) is 0 Å². The van der Waals surface area contributed by atoms with Crippen molar-refractivity contribution >= 4 is 28.9 Å². The van der Waals surface area contributed by atoms with Gasteiger partial charge in [-0.05, 0) is 37.5 Å². The molecule has 2 atom stereocenters. The van der Waals surface area contributed by atoms with Crippen LogP contribution in [0.2, 0.25) is 10.0 Å². The highest BCUT2D eigenvalue weighted by atomic mass is 35.5. The zero-order valence-corrected chi connectivity index (χ0v) is 12.1. The molecular formula is C14H19Cl2NO. The Balaban J connectivity index is 1.96. The summed E-state index contributed by atoms with van der Waals surface area (Å²) in [5.41, 5.74) is 0.961. The molecule has 18 heavy (non-hydrogen) atoms. The molecule has 0 radical (unpaired) electrons. The van der Waals surface area contributed by atoms with E-state index in [9.17, 15) is 0 Å². The van der Waals surface area contributed by atoms with E-state index in [1.807, 2.05) is 12.1 Å². The summed E-state index contributed by atoms with van der Waals surface area (Å²) in [6.07, 6.45) is 4.75. The first kappa shape index (κ1) is 14.0. The lowest BCUT2D eigenvalue weighted by Gasteiger charge is -2.31. The third-order valence-corrected chi connectivity index (χ3v) is 3.82. The Hall–Kier alpha value is -0.440. The molecule has 2 nitrogen and oxygen atoms in total. The third kappa shape index (κ3) is 3.78. The van der Waals surface area contributed by atoms with E-state index in [1.54, 1.807) is 6.07 Å². The predicted octanol–water partition coefficient (Wildman–Crippen LogP) is 4.75. The van der Waals surface area contributed by atoms with Crippen LogP contribution in [-0.2, 0) is 4.74 Å². The van der Waals surface area contributed by atoms with Gasteiger partial charge in [0.2, 0.25) is 0 Å². The first-order valence-electron chi connectivity index (χ1n) is 6.52. The summed E-state index contributed by atoms with van der Waals surface area (Å²) in [6, 6.07) is 6.01. The van der Waals surface area contributed by atoms with Gasteiger partial charge in [-0.15, -0.1) is 0 Å². The van der Waals surface area contributed by atoms with Crippen molar-refractivity contribution in [3.63, 3.8) is 0 Å². The van der Waals surface area contributed by atoms with Gasteiger partial charge in [-0.3, -0.25) is 0 Å². The zero-order valence-electron chi connectivity index (χ0n) is 10.6. The number of rotatable bonds is 4. The second-order valence-electron chi connectivity index (χ2n) is 4.77. The maximum atomic E-state index is 6.17. The van der Waals surface area contributed by atoms with Gasteiger partial charge in [-0.2, -0.15) is 0 Å². The first-order valence-corrected chi connectivity index (χ1v) is 7.28. The van der Waals surface area contributed by atoms with E-state index >= 15 is 0 Å². The van der Waals surface area contributed by atoms with Crippen molar-refractivity contribution in [1.29, 1.82) is 0 Å². The molecule has 0 bridgehead atoms. The zero-order chi connectivity index (χ0) is 13.0. The fourth-order valence-corrected chi connectivity index (χ4v) is 2.82. The van der Waals surface area contributed by atoms with E-state index in [0.29, 0.717) is 22.2 Å². The Labute approximate surface area is 119 Å². The second-order valence-corrected chi connectivity index (χ2v) is 5.61. The fourth-order valence-electron chi connectivity index (χ4n) is 2.36. The topological polar surface area (TPSA) is 21.3 Å². The van der Waals surface area contributed by atoms with E-state index in [0.717, 1.165) is 31.6 Å². The second kappa shape index (κ2) is 6.65. The van der Waals surface area contributed by atoms with Gasteiger partial charge in [0.05, 0.1) is 16.8 Å². The number of ether oxygens (including phenoxy) is 1. The quantitative estimate of drug-likeness (QED) is 0.863. The van der Waals surface area contributed by atoms with Crippen LogP contribution in [0.5, 0.6) is 0 Å². The molecule has 1 heterocycles. The molecule has 1 saturated heterocycles. The molecule has 1 aliphatic rings. The lowest BCUT2D eigenvalue weighted by atomic mass is 10.00. The maximum absolute atomic E-state index is 6.17. The van der Waals surface area contributed by atoms with Crippen molar-refractivity contribution in [2.75, 3.05) is 11.9 Å². The van der Waals surface area contributed by atoms with Gasteiger partial charge >= 0.3 is 0 Å². The summed E-state index contributed by atoms with van der Waals surface area (Å²) >= 11 is 12.1. The lowest BCUT2D eigenvalue weighted by Crippen LogP contribution is -2.34. The SMILES string of the molecule is CCCC1CC(Nc2ccc(Cl)cc2Cl)CCO1. The minimum Gasteiger partial charge on any atom is -0.381 e. The first-order chi connectivity index (χ1) is 8.69. The van der Waals surface area contributed by atoms with Crippen LogP contribution in [0.4, 0.5) is 5.69 Å². The van der Waals surface area contributed by atoms with E-state index in [2.05, 4.69) is 12.2 Å². The molecule has 0 spiro atoms. The number of halogens is 2. The van der Waals surface area contributed by atoms with Gasteiger partial charge in [0.25, 0.3) is 0 Å². The number of nitrogens with one attached hydrogen (secondary N) is 1. The smallest absolute Gasteiger partial charge is 0.0652 e. The van der Waals surface area contributed by atoms with Crippen LogP contribution in [0, 0.1) is 0 Å². The monoisotopic (exact) mass is 287 g/mol. The molecular weight excluding hydrogens is 269 g/mol. The van der Waals surface area contributed by atoms with Crippen molar-refractivity contribution < 1.29 is 4.74 Å². The fraction of sp³-hybridized carbons (Fsp3) is 0.571. The molecule has 1 fully saturated rings. The summed E-state index contributed by atoms with van der Waals surface area (Å²) in [5, 5.41) is 4.84. The molecule has 0 aliphatic carbocycles. The number of hydrogen-bond donors (Lipinski definition) is 1. The van der Waals surface area contributed by atoms with Crippen LogP contribution >= 0.6 is 23.2 Å². The van der Waals surface area contributed by atoms with Gasteiger partial charge in [-0.25, -0.2) is 0 Å². The van der Waals surface area contributed by atoms with Crippen LogP contribution in [0.1, 0.15) is 32.6 Å². The molecule has 1 aliphatic heterocycles. The molecule has 1 aromatic rings. The molecule has 0 amide bonds. The number of anilines is 1. The highest BCUT2D eigenvalue weighted by Crippen LogP contribution is 2.28. The van der Waals surface area contributed by atoms with Gasteiger partial charge in [-0.1, -0.05) is 36.5 Å². The Morgan fingerprint density at radius 1 is 1.39 bits per heavy atom. The highest BCUT2D eigenvalue weighted by Gasteiger charge is 2.22. The van der Waals surface area contributed by atoms with E-state index in [-0.39, 0.29) is 0 Å². The van der Waals surface area contributed by atoms with E-state index < -0.39 is 0 Å². The van der Waals surface area contributed by atoms with E-state index in [1.165, 1.54) is 6.42 Å². The molecule has 0 saturated carbocycles. The average Bonchev–Trinajstić information content (AvgIpc) is 2.34. The molecule has 100 valence electrons. The molecule has 4 heteroatoms. The molecule has 2 unspecified atom stereocenters. The Morgan fingerprint density at radius 2 is 2.22 bits per heavy atom. The van der Waals surface area contributed by atoms with Gasteiger partial charge in [0.1, 0.15) is 0 Å². The summed E-state index contributed by atoms with van der Waals surface area (Å²) < 4.78 is 5.74. The summed E-state index contributed by atoms with van der Waals surface area (Å²) in [7, 11) is 0. The summed E-state index contributed by atoms with van der Waals surface area (Å²) in [6.45, 7) is 3.02. The van der Waals surface area contributed by atoms with E-state index in [4.69, 9.17) is 27.9 Å². The third-order valence-electron chi connectivity index (χ3n) is 3.27. The average molecular weight is 288 g/mol. The predicted molar refractivity (Wildman–Crippen MR) is 77.8 cm³/mol. The van der Waals surface area contributed by atoms with Gasteiger partial charge < -0.3 is 10.1 Å². The Morgan fingerprint density at radius 3 is 2.94 bits per heavy atom. The summed E-state index contributed by atoms with van der Waals surface area (Å²) in [5.74, 6) is 0. The maximum Gasteiger partial charge on any atom is 0.0652 e. The largest absolute Gasteiger partial charge is 0.381 e. The van der Waals surface area contributed by atoms with Gasteiger partial charge in [0, 0.05) is 17.7 Å². The van der Waals surface area contributed by atoms with Crippen molar-refractivity contribution in [2.45, 2.75) is 44.8 Å². The molecule has 1 aromatic carbocycles. The standard InChI is InChI=1S/C14H19Cl2NO/c1-2-3-12-9-11(6-7-18-12)17-14-5-4-10(15)8-13(14)16/h4-5,8,11-12,17H,2-3,6-7,9H2,1H3. The Bertz CT molecular complexity index is 395. The number of benzene rings is 1. The molecule has 2 rings (SSSR count). The van der Waals surface area contributed by atoms with Crippen molar-refractivity contribution in [3.05, 3.63) is 28.2 Å². The molecule has 1 N–H and O–H groups in total. The van der Waals surface area contributed by atoms with Crippen LogP contribution < -0.4 is 5.32 Å². The van der Waals surface area contributed by atoms with Crippen LogP contribution in [0.15, 0.2) is 18.2 Å². The van der Waals surface area contributed by atoms with Crippen LogP contribution in [-0.4, -0.2) is 18.8 Å². The molecule has 0 aromatic heterocycles. The van der Waals surface area contributed by atoms with Crippen molar-refractivity contribution in [3.8, 4) is 0 Å². The van der Waals surface area contributed by atoms with Crippen molar-refractivity contribution in [2.24, 2.45) is 0 Å². The lowest BCUT2D eigenvalue weighted by molar-refractivity contribution is 0.00598. The van der Waals surface area contributed by atoms with Gasteiger partial charge in [0.15, 0.2) is 0 Å².